The molecular weight excluding hydrogens is 266 g/mol. The minimum absolute atomic E-state index is 0. The molecule has 0 aliphatic carbocycles. The van der Waals surface area contributed by atoms with Crippen LogP contribution in [-0.2, 0) is 4.79 Å². The van der Waals surface area contributed by atoms with E-state index in [1.165, 1.54) is 0 Å². The maximum absolute atomic E-state index is 12.0. The lowest BCUT2D eigenvalue weighted by molar-refractivity contribution is -0.119. The third-order valence-corrected chi connectivity index (χ3v) is 3.09. The van der Waals surface area contributed by atoms with E-state index in [-0.39, 0.29) is 30.1 Å². The van der Waals surface area contributed by atoms with Crippen molar-refractivity contribution in [3.8, 4) is 0 Å². The summed E-state index contributed by atoms with van der Waals surface area (Å²) < 4.78 is 0. The first-order valence-electron chi connectivity index (χ1n) is 6.05. The van der Waals surface area contributed by atoms with Crippen LogP contribution in [0.3, 0.4) is 0 Å². The molecular formula is C13H18ClN3O2. The van der Waals surface area contributed by atoms with Crippen LogP contribution in [0.5, 0.6) is 0 Å². The highest BCUT2D eigenvalue weighted by atomic mass is 35.5. The molecule has 1 aromatic carbocycles. The second-order valence-corrected chi connectivity index (χ2v) is 4.30. The van der Waals surface area contributed by atoms with Crippen molar-refractivity contribution in [3.63, 3.8) is 0 Å². The van der Waals surface area contributed by atoms with Gasteiger partial charge in [0.1, 0.15) is 0 Å². The lowest BCUT2D eigenvalue weighted by atomic mass is 10.1. The van der Waals surface area contributed by atoms with E-state index < -0.39 is 0 Å². The second kappa shape index (κ2) is 7.11. The summed E-state index contributed by atoms with van der Waals surface area (Å²) in [6.07, 6.45) is 0.841. The van der Waals surface area contributed by atoms with E-state index >= 15 is 0 Å². The fraction of sp³-hybridized carbons (Fsp3) is 0.385. The minimum Gasteiger partial charge on any atom is -0.355 e. The molecule has 1 aromatic rings. The smallest absolute Gasteiger partial charge is 0.253 e. The molecule has 19 heavy (non-hydrogen) atoms. The Bertz CT molecular complexity index is 459. The fourth-order valence-electron chi connectivity index (χ4n) is 2.04. The Morgan fingerprint density at radius 3 is 2.68 bits per heavy atom. The molecule has 1 fully saturated rings. The zero-order valence-corrected chi connectivity index (χ0v) is 11.5. The van der Waals surface area contributed by atoms with Crippen molar-refractivity contribution in [2.24, 2.45) is 5.92 Å². The van der Waals surface area contributed by atoms with Gasteiger partial charge in [-0.05, 0) is 25.1 Å². The van der Waals surface area contributed by atoms with Gasteiger partial charge in [-0.1, -0.05) is 12.1 Å². The van der Waals surface area contributed by atoms with Crippen molar-refractivity contribution in [3.05, 3.63) is 29.8 Å². The third kappa shape index (κ3) is 3.68. The first-order chi connectivity index (χ1) is 8.72. The Labute approximate surface area is 118 Å². The number of para-hydroxylation sites is 1. The van der Waals surface area contributed by atoms with Gasteiger partial charge in [0.2, 0.25) is 5.91 Å². The van der Waals surface area contributed by atoms with E-state index in [1.807, 2.05) is 0 Å². The van der Waals surface area contributed by atoms with Crippen LogP contribution in [0, 0.1) is 5.92 Å². The number of carbonyl (C=O) groups is 2. The van der Waals surface area contributed by atoms with Crippen LogP contribution in [0.2, 0.25) is 0 Å². The summed E-state index contributed by atoms with van der Waals surface area (Å²) >= 11 is 0. The highest BCUT2D eigenvalue weighted by molar-refractivity contribution is 6.04. The molecule has 1 atom stereocenters. The fourth-order valence-corrected chi connectivity index (χ4v) is 2.04. The number of amides is 2. The Hall–Kier alpha value is -1.59. The van der Waals surface area contributed by atoms with Crippen LogP contribution in [-0.4, -0.2) is 32.0 Å². The van der Waals surface area contributed by atoms with Crippen molar-refractivity contribution in [2.75, 3.05) is 25.5 Å². The van der Waals surface area contributed by atoms with Crippen molar-refractivity contribution in [2.45, 2.75) is 6.42 Å². The molecule has 0 saturated carbocycles. The predicted octanol–water partition coefficient (Wildman–Crippen LogP) is 1.02. The molecule has 1 aliphatic rings. The molecule has 0 radical (unpaired) electrons. The quantitative estimate of drug-likeness (QED) is 0.776. The number of anilines is 1. The topological polar surface area (TPSA) is 70.2 Å². The van der Waals surface area contributed by atoms with Gasteiger partial charge in [-0.15, -0.1) is 12.4 Å². The van der Waals surface area contributed by atoms with E-state index in [4.69, 9.17) is 0 Å². The predicted molar refractivity (Wildman–Crippen MR) is 76.7 cm³/mol. The minimum atomic E-state index is -0.199. The lowest BCUT2D eigenvalue weighted by Crippen LogP contribution is -2.26. The number of carbonyl (C=O) groups excluding carboxylic acids is 2. The average Bonchev–Trinajstić information content (AvgIpc) is 2.92. The van der Waals surface area contributed by atoms with Gasteiger partial charge in [-0.3, -0.25) is 9.59 Å². The maximum atomic E-state index is 12.0. The first-order valence-corrected chi connectivity index (χ1v) is 6.05. The molecule has 104 valence electrons. The van der Waals surface area contributed by atoms with Crippen LogP contribution in [0.4, 0.5) is 5.69 Å². The van der Waals surface area contributed by atoms with Gasteiger partial charge in [-0.25, -0.2) is 0 Å². The summed E-state index contributed by atoms with van der Waals surface area (Å²) in [5, 5.41) is 8.54. The second-order valence-electron chi connectivity index (χ2n) is 4.30. The first kappa shape index (κ1) is 15.5. The number of rotatable bonds is 3. The molecule has 3 N–H and O–H groups in total. The molecule has 6 heteroatoms. The summed E-state index contributed by atoms with van der Waals surface area (Å²) in [4.78, 5) is 23.7. The maximum Gasteiger partial charge on any atom is 0.253 e. The van der Waals surface area contributed by atoms with Crippen LogP contribution in [0.25, 0.3) is 0 Å². The molecule has 1 unspecified atom stereocenters. The molecule has 1 saturated heterocycles. The summed E-state index contributed by atoms with van der Waals surface area (Å²) in [6, 6.07) is 7.01. The number of hydrogen-bond donors (Lipinski definition) is 3. The van der Waals surface area contributed by atoms with Crippen LogP contribution in [0.1, 0.15) is 16.8 Å². The van der Waals surface area contributed by atoms with E-state index in [9.17, 15) is 9.59 Å². The van der Waals surface area contributed by atoms with Gasteiger partial charge >= 0.3 is 0 Å². The number of benzene rings is 1. The zero-order chi connectivity index (χ0) is 13.0. The third-order valence-electron chi connectivity index (χ3n) is 3.09. The largest absolute Gasteiger partial charge is 0.355 e. The molecule has 2 rings (SSSR count). The molecule has 0 aromatic heterocycles. The average molecular weight is 284 g/mol. The van der Waals surface area contributed by atoms with Crippen molar-refractivity contribution < 1.29 is 9.59 Å². The van der Waals surface area contributed by atoms with Gasteiger partial charge in [0.05, 0.1) is 17.2 Å². The summed E-state index contributed by atoms with van der Waals surface area (Å²) in [7, 11) is 1.57. The summed E-state index contributed by atoms with van der Waals surface area (Å²) in [5.41, 5.74) is 1.05. The van der Waals surface area contributed by atoms with E-state index in [1.54, 1.807) is 31.3 Å². The molecule has 0 bridgehead atoms. The van der Waals surface area contributed by atoms with Crippen molar-refractivity contribution in [1.82, 2.24) is 10.6 Å². The molecule has 5 nitrogen and oxygen atoms in total. The van der Waals surface area contributed by atoms with E-state index in [0.29, 0.717) is 17.8 Å². The van der Waals surface area contributed by atoms with E-state index in [2.05, 4.69) is 16.0 Å². The van der Waals surface area contributed by atoms with Gasteiger partial charge in [-0.2, -0.15) is 0 Å². The standard InChI is InChI=1S/C13H17N3O2.ClH/c1-14-13(18)10-4-2-3-5-11(10)16-12(17)9-6-7-15-8-9;/h2-5,9,15H,6-8H2,1H3,(H,14,18)(H,16,17);1H. The SMILES string of the molecule is CNC(=O)c1ccccc1NC(=O)C1CCNC1.Cl. The van der Waals surface area contributed by atoms with Crippen LogP contribution >= 0.6 is 12.4 Å². The highest BCUT2D eigenvalue weighted by Crippen LogP contribution is 2.17. The van der Waals surface area contributed by atoms with Gasteiger partial charge in [0, 0.05) is 13.6 Å². The zero-order valence-electron chi connectivity index (χ0n) is 10.7. The Kier molecular flexibility index (Phi) is 5.79. The van der Waals surface area contributed by atoms with Crippen LogP contribution in [0.15, 0.2) is 24.3 Å². The number of halogens is 1. The number of nitrogens with one attached hydrogen (secondary N) is 3. The van der Waals surface area contributed by atoms with Gasteiger partial charge < -0.3 is 16.0 Å². The number of hydrogen-bond acceptors (Lipinski definition) is 3. The van der Waals surface area contributed by atoms with Gasteiger partial charge in [0.25, 0.3) is 5.91 Å². The van der Waals surface area contributed by atoms with Gasteiger partial charge in [0.15, 0.2) is 0 Å². The Morgan fingerprint density at radius 1 is 1.32 bits per heavy atom. The molecule has 1 aliphatic heterocycles. The molecule has 1 heterocycles. The monoisotopic (exact) mass is 283 g/mol. The lowest BCUT2D eigenvalue weighted by Gasteiger charge is -2.12. The van der Waals surface area contributed by atoms with Crippen molar-refractivity contribution >= 4 is 29.9 Å². The van der Waals surface area contributed by atoms with Crippen LogP contribution < -0.4 is 16.0 Å². The summed E-state index contributed by atoms with van der Waals surface area (Å²) in [5.74, 6) is -0.241. The van der Waals surface area contributed by atoms with E-state index in [0.717, 1.165) is 13.0 Å². The molecule has 0 spiro atoms. The van der Waals surface area contributed by atoms with Crippen molar-refractivity contribution in [1.29, 1.82) is 0 Å². The normalized spacial score (nSPS) is 17.4. The molecule has 2 amide bonds. The highest BCUT2D eigenvalue weighted by Gasteiger charge is 2.23. The Morgan fingerprint density at radius 2 is 2.05 bits per heavy atom. The Balaban J connectivity index is 0.00000180. The summed E-state index contributed by atoms with van der Waals surface area (Å²) in [6.45, 7) is 1.57.